The predicted molar refractivity (Wildman–Crippen MR) is 76.8 cm³/mol. The molecule has 0 aliphatic carbocycles. The normalized spacial score (nSPS) is 9.21. The number of nitrogens with two attached hydrogens (primary N) is 1. The third kappa shape index (κ3) is 5.58. The molecule has 0 radical (unpaired) electrons. The number of carbonyl (C=O) groups is 2. The number of methoxy groups -OCH3 is 1. The second kappa shape index (κ2) is 8.34. The van der Waals surface area contributed by atoms with Gasteiger partial charge in [-0.1, -0.05) is 0 Å². The molecule has 0 heterocycles. The molecule has 0 saturated heterocycles. The third-order valence-electron chi connectivity index (χ3n) is 2.17. The highest BCUT2D eigenvalue weighted by atomic mass is 35.5. The highest BCUT2D eigenvalue weighted by Gasteiger charge is 2.07. The maximum Gasteiger partial charge on any atom is 0.225 e. The van der Waals surface area contributed by atoms with E-state index in [-0.39, 0.29) is 30.6 Å². The minimum absolute atomic E-state index is 0. The minimum atomic E-state index is -0.210. The Bertz CT molecular complexity index is 452. The summed E-state index contributed by atoms with van der Waals surface area (Å²) in [6, 6.07) is 5.00. The second-order valence-corrected chi connectivity index (χ2v) is 3.68. The fourth-order valence-electron chi connectivity index (χ4n) is 1.43. The van der Waals surface area contributed by atoms with Crippen LogP contribution in [0.25, 0.3) is 0 Å². The van der Waals surface area contributed by atoms with Crippen LogP contribution < -0.4 is 21.1 Å². The standard InChI is InChI=1S/C12H17N3O3.ClH/c1-8(16)14-10-7-9(3-4-11(10)18-2)15-12(17)5-6-13;/h3-4,7H,5-6,13H2,1-2H3,(H,14,16)(H,15,17);1H. The van der Waals surface area contributed by atoms with Gasteiger partial charge in [0.15, 0.2) is 0 Å². The van der Waals surface area contributed by atoms with Crippen LogP contribution in [0.4, 0.5) is 11.4 Å². The van der Waals surface area contributed by atoms with Crippen LogP contribution in [0, 0.1) is 0 Å². The lowest BCUT2D eigenvalue weighted by Crippen LogP contribution is -2.16. The van der Waals surface area contributed by atoms with Crippen LogP contribution in [-0.4, -0.2) is 25.5 Å². The summed E-state index contributed by atoms with van der Waals surface area (Å²) in [4.78, 5) is 22.4. The molecule has 7 heteroatoms. The number of rotatable bonds is 5. The van der Waals surface area contributed by atoms with Gasteiger partial charge in [-0.3, -0.25) is 9.59 Å². The van der Waals surface area contributed by atoms with Crippen LogP contribution in [0.5, 0.6) is 5.75 Å². The summed E-state index contributed by atoms with van der Waals surface area (Å²) in [5.74, 6) is 0.150. The van der Waals surface area contributed by atoms with Crippen molar-refractivity contribution >= 4 is 35.6 Å². The summed E-state index contributed by atoms with van der Waals surface area (Å²) in [5.41, 5.74) is 6.38. The smallest absolute Gasteiger partial charge is 0.225 e. The SMILES string of the molecule is COc1ccc(NC(=O)CCN)cc1NC(C)=O.Cl. The molecule has 0 bridgehead atoms. The molecule has 2 amide bonds. The van der Waals surface area contributed by atoms with Gasteiger partial charge < -0.3 is 21.1 Å². The molecule has 0 unspecified atom stereocenters. The quantitative estimate of drug-likeness (QED) is 0.762. The minimum Gasteiger partial charge on any atom is -0.495 e. The predicted octanol–water partition coefficient (Wildman–Crippen LogP) is 1.36. The van der Waals surface area contributed by atoms with Crippen molar-refractivity contribution in [1.82, 2.24) is 0 Å². The number of nitrogens with one attached hydrogen (secondary N) is 2. The van der Waals surface area contributed by atoms with Crippen LogP contribution >= 0.6 is 12.4 Å². The molecule has 0 aliphatic rings. The summed E-state index contributed by atoms with van der Waals surface area (Å²) >= 11 is 0. The number of hydrogen-bond donors (Lipinski definition) is 3. The van der Waals surface area contributed by atoms with Gasteiger partial charge in [0, 0.05) is 25.6 Å². The van der Waals surface area contributed by atoms with E-state index in [0.717, 1.165) is 0 Å². The van der Waals surface area contributed by atoms with E-state index in [9.17, 15) is 9.59 Å². The van der Waals surface area contributed by atoms with Crippen LogP contribution in [0.2, 0.25) is 0 Å². The second-order valence-electron chi connectivity index (χ2n) is 3.68. The molecule has 1 rings (SSSR count). The van der Waals surface area contributed by atoms with Crippen molar-refractivity contribution in [2.45, 2.75) is 13.3 Å². The topological polar surface area (TPSA) is 93.4 Å². The zero-order valence-electron chi connectivity index (χ0n) is 10.9. The highest BCUT2D eigenvalue weighted by molar-refractivity contribution is 5.94. The van der Waals surface area contributed by atoms with Crippen molar-refractivity contribution in [2.24, 2.45) is 5.73 Å². The first-order valence-corrected chi connectivity index (χ1v) is 5.52. The van der Waals surface area contributed by atoms with Crippen LogP contribution in [0.3, 0.4) is 0 Å². The molecule has 1 aromatic rings. The van der Waals surface area contributed by atoms with E-state index in [0.29, 0.717) is 23.7 Å². The average molecular weight is 288 g/mol. The molecule has 0 aliphatic heterocycles. The Morgan fingerprint density at radius 2 is 2.00 bits per heavy atom. The van der Waals surface area contributed by atoms with E-state index >= 15 is 0 Å². The van der Waals surface area contributed by atoms with Crippen LogP contribution in [0.1, 0.15) is 13.3 Å². The van der Waals surface area contributed by atoms with Gasteiger partial charge >= 0.3 is 0 Å². The molecular weight excluding hydrogens is 270 g/mol. The fourth-order valence-corrected chi connectivity index (χ4v) is 1.43. The molecule has 19 heavy (non-hydrogen) atoms. The Labute approximate surface area is 118 Å². The van der Waals surface area contributed by atoms with Gasteiger partial charge in [-0.15, -0.1) is 12.4 Å². The Hall–Kier alpha value is -1.79. The van der Waals surface area contributed by atoms with Gasteiger partial charge in [-0.05, 0) is 18.2 Å². The summed E-state index contributed by atoms with van der Waals surface area (Å²) in [6.07, 6.45) is 0.251. The Kier molecular flexibility index (Phi) is 7.55. The molecule has 0 aromatic heterocycles. The number of benzene rings is 1. The largest absolute Gasteiger partial charge is 0.495 e. The van der Waals surface area contributed by atoms with Gasteiger partial charge in [0.05, 0.1) is 12.8 Å². The molecule has 0 atom stereocenters. The summed E-state index contributed by atoms with van der Waals surface area (Å²) in [6.45, 7) is 1.69. The molecule has 1 aromatic carbocycles. The highest BCUT2D eigenvalue weighted by Crippen LogP contribution is 2.27. The van der Waals surface area contributed by atoms with Crippen molar-refractivity contribution in [3.05, 3.63) is 18.2 Å². The third-order valence-corrected chi connectivity index (χ3v) is 2.17. The van der Waals surface area contributed by atoms with Gasteiger partial charge in [-0.2, -0.15) is 0 Å². The Morgan fingerprint density at radius 3 is 2.53 bits per heavy atom. The Balaban J connectivity index is 0.00000324. The Morgan fingerprint density at radius 1 is 1.32 bits per heavy atom. The number of anilines is 2. The molecule has 4 N–H and O–H groups in total. The lowest BCUT2D eigenvalue weighted by atomic mass is 10.2. The molecule has 106 valence electrons. The van der Waals surface area contributed by atoms with Gasteiger partial charge in [0.2, 0.25) is 11.8 Å². The molecule has 0 saturated carbocycles. The molecular formula is C12H18ClN3O3. The molecule has 6 nitrogen and oxygen atoms in total. The van der Waals surface area contributed by atoms with E-state index in [1.807, 2.05) is 0 Å². The number of amides is 2. The summed E-state index contributed by atoms with van der Waals surface area (Å²) < 4.78 is 5.11. The number of carbonyl (C=O) groups excluding carboxylic acids is 2. The van der Waals surface area contributed by atoms with E-state index in [4.69, 9.17) is 10.5 Å². The maximum atomic E-state index is 11.4. The van der Waals surface area contributed by atoms with Crippen LogP contribution in [-0.2, 0) is 9.59 Å². The zero-order valence-corrected chi connectivity index (χ0v) is 11.7. The van der Waals surface area contributed by atoms with E-state index in [2.05, 4.69) is 10.6 Å². The van der Waals surface area contributed by atoms with Crippen molar-refractivity contribution in [2.75, 3.05) is 24.3 Å². The first-order valence-electron chi connectivity index (χ1n) is 5.52. The first-order chi connectivity index (χ1) is 8.56. The van der Waals surface area contributed by atoms with Crippen molar-refractivity contribution in [3.63, 3.8) is 0 Å². The van der Waals surface area contributed by atoms with E-state index < -0.39 is 0 Å². The molecule has 0 fully saturated rings. The van der Waals surface area contributed by atoms with E-state index in [1.54, 1.807) is 18.2 Å². The van der Waals surface area contributed by atoms with Crippen LogP contribution in [0.15, 0.2) is 18.2 Å². The average Bonchev–Trinajstić information content (AvgIpc) is 2.28. The molecule has 0 spiro atoms. The fraction of sp³-hybridized carbons (Fsp3) is 0.333. The maximum absolute atomic E-state index is 11.4. The monoisotopic (exact) mass is 287 g/mol. The number of hydrogen-bond acceptors (Lipinski definition) is 4. The van der Waals surface area contributed by atoms with Gasteiger partial charge in [0.1, 0.15) is 5.75 Å². The van der Waals surface area contributed by atoms with Gasteiger partial charge in [-0.25, -0.2) is 0 Å². The number of halogens is 1. The lowest BCUT2D eigenvalue weighted by Gasteiger charge is -2.11. The van der Waals surface area contributed by atoms with Crippen molar-refractivity contribution in [1.29, 1.82) is 0 Å². The lowest BCUT2D eigenvalue weighted by molar-refractivity contribution is -0.116. The van der Waals surface area contributed by atoms with Gasteiger partial charge in [0.25, 0.3) is 0 Å². The van der Waals surface area contributed by atoms with Crippen molar-refractivity contribution in [3.8, 4) is 5.75 Å². The van der Waals surface area contributed by atoms with Crippen molar-refractivity contribution < 1.29 is 14.3 Å². The first kappa shape index (κ1) is 17.2. The van der Waals surface area contributed by atoms with E-state index in [1.165, 1.54) is 14.0 Å². The number of ether oxygens (including phenoxy) is 1. The zero-order chi connectivity index (χ0) is 13.5. The summed E-state index contributed by atoms with van der Waals surface area (Å²) in [5, 5.41) is 5.31. The summed E-state index contributed by atoms with van der Waals surface area (Å²) in [7, 11) is 1.51.